The van der Waals surface area contributed by atoms with Crippen LogP contribution < -0.4 is 0 Å². The molecule has 1 aromatic carbocycles. The predicted molar refractivity (Wildman–Crippen MR) is 52.5 cm³/mol. The van der Waals surface area contributed by atoms with Crippen LogP contribution in [0.25, 0.3) is 0 Å². The molecule has 0 spiro atoms. The molecule has 0 radical (unpaired) electrons. The third kappa shape index (κ3) is 1.06. The van der Waals surface area contributed by atoms with Gasteiger partial charge < -0.3 is 5.11 Å². The summed E-state index contributed by atoms with van der Waals surface area (Å²) >= 11 is 3.50. The molecule has 12 heavy (non-hydrogen) atoms. The molecule has 2 heteroatoms. The number of benzene rings is 1. The molecule has 1 nitrogen and oxygen atoms in total. The molecule has 1 unspecified atom stereocenters. The Balaban J connectivity index is 2.64. The van der Waals surface area contributed by atoms with Gasteiger partial charge >= 0.3 is 0 Å². The minimum atomic E-state index is 0.457. The van der Waals surface area contributed by atoms with Crippen molar-refractivity contribution in [2.75, 3.05) is 0 Å². The zero-order chi connectivity index (χ0) is 8.72. The Morgan fingerprint density at radius 1 is 1.50 bits per heavy atom. The van der Waals surface area contributed by atoms with Gasteiger partial charge in [0.05, 0.1) is 0 Å². The first-order valence-electron chi connectivity index (χ1n) is 4.20. The van der Waals surface area contributed by atoms with E-state index in [9.17, 15) is 5.11 Å². The summed E-state index contributed by atoms with van der Waals surface area (Å²) in [4.78, 5) is 0. The molecule has 2 rings (SSSR count). The van der Waals surface area contributed by atoms with Crippen molar-refractivity contribution in [3.8, 4) is 5.75 Å². The average Bonchev–Trinajstić information content (AvgIpc) is 2.42. The first-order valence-corrected chi connectivity index (χ1v) is 4.99. The number of phenolic OH excluding ortho intramolecular Hbond substituents is 1. The van der Waals surface area contributed by atoms with Gasteiger partial charge in [-0.25, -0.2) is 0 Å². The molecule has 0 saturated carbocycles. The summed E-state index contributed by atoms with van der Waals surface area (Å²) in [5, 5.41) is 9.61. The maximum atomic E-state index is 9.61. The fourth-order valence-electron chi connectivity index (χ4n) is 1.93. The molecule has 1 atom stereocenters. The maximum Gasteiger partial charge on any atom is 0.119 e. The summed E-state index contributed by atoms with van der Waals surface area (Å²) in [7, 11) is 0. The van der Waals surface area contributed by atoms with Crippen LogP contribution in [0, 0.1) is 0 Å². The maximum absolute atomic E-state index is 9.61. The molecular formula is C10H11BrO. The van der Waals surface area contributed by atoms with E-state index in [1.165, 1.54) is 5.56 Å². The number of aromatic hydroxyl groups is 1. The van der Waals surface area contributed by atoms with Crippen molar-refractivity contribution in [3.05, 3.63) is 27.7 Å². The van der Waals surface area contributed by atoms with Crippen molar-refractivity contribution in [1.82, 2.24) is 0 Å². The lowest BCUT2D eigenvalue weighted by Crippen LogP contribution is -1.87. The van der Waals surface area contributed by atoms with Crippen LogP contribution in [0.1, 0.15) is 30.4 Å². The second-order valence-electron chi connectivity index (χ2n) is 3.40. The van der Waals surface area contributed by atoms with E-state index in [4.69, 9.17) is 0 Å². The zero-order valence-electron chi connectivity index (χ0n) is 6.97. The summed E-state index contributed by atoms with van der Waals surface area (Å²) < 4.78 is 1.14. The normalized spacial score (nSPS) is 21.0. The zero-order valence-corrected chi connectivity index (χ0v) is 8.56. The monoisotopic (exact) mass is 226 g/mol. The molecule has 0 aliphatic heterocycles. The van der Waals surface area contributed by atoms with Gasteiger partial charge in [-0.2, -0.15) is 0 Å². The second-order valence-corrected chi connectivity index (χ2v) is 4.25. The molecule has 0 heterocycles. The Morgan fingerprint density at radius 2 is 2.25 bits per heavy atom. The summed E-state index contributed by atoms with van der Waals surface area (Å²) in [6.45, 7) is 2.16. The van der Waals surface area contributed by atoms with Gasteiger partial charge in [-0.1, -0.05) is 22.9 Å². The van der Waals surface area contributed by atoms with Gasteiger partial charge in [-0.3, -0.25) is 0 Å². The number of fused-ring (bicyclic) bond motifs is 1. The van der Waals surface area contributed by atoms with Gasteiger partial charge in [0.1, 0.15) is 5.75 Å². The fourth-order valence-corrected chi connectivity index (χ4v) is 2.48. The summed E-state index contributed by atoms with van der Waals surface area (Å²) in [5.41, 5.74) is 2.44. The van der Waals surface area contributed by atoms with E-state index >= 15 is 0 Å². The Morgan fingerprint density at radius 3 is 2.92 bits per heavy atom. The van der Waals surface area contributed by atoms with Crippen LogP contribution >= 0.6 is 15.9 Å². The van der Waals surface area contributed by atoms with Crippen LogP contribution in [0.4, 0.5) is 0 Å². The van der Waals surface area contributed by atoms with Gasteiger partial charge in [0.15, 0.2) is 0 Å². The molecule has 0 saturated heterocycles. The van der Waals surface area contributed by atoms with Crippen molar-refractivity contribution in [1.29, 1.82) is 0 Å². The van der Waals surface area contributed by atoms with Crippen LogP contribution in [0.15, 0.2) is 16.6 Å². The lowest BCUT2D eigenvalue weighted by molar-refractivity contribution is 0.465. The molecule has 0 amide bonds. The molecule has 64 valence electrons. The minimum Gasteiger partial charge on any atom is -0.508 e. The van der Waals surface area contributed by atoms with Gasteiger partial charge in [0.2, 0.25) is 0 Å². The quantitative estimate of drug-likeness (QED) is 0.721. The first kappa shape index (κ1) is 8.11. The highest BCUT2D eigenvalue weighted by atomic mass is 79.9. The van der Waals surface area contributed by atoms with E-state index in [0.29, 0.717) is 11.7 Å². The van der Waals surface area contributed by atoms with E-state index in [-0.39, 0.29) is 0 Å². The fraction of sp³-hybridized carbons (Fsp3) is 0.400. The number of phenols is 1. The van der Waals surface area contributed by atoms with Crippen molar-refractivity contribution in [2.24, 2.45) is 0 Å². The third-order valence-electron chi connectivity index (χ3n) is 2.60. The van der Waals surface area contributed by atoms with Crippen molar-refractivity contribution in [2.45, 2.75) is 25.7 Å². The highest BCUT2D eigenvalue weighted by Gasteiger charge is 2.23. The van der Waals surface area contributed by atoms with Crippen LogP contribution in [0.5, 0.6) is 5.75 Å². The van der Waals surface area contributed by atoms with E-state index in [1.54, 1.807) is 6.07 Å². The number of hydrogen-bond acceptors (Lipinski definition) is 1. The van der Waals surface area contributed by atoms with Gasteiger partial charge in [-0.15, -0.1) is 0 Å². The molecule has 1 N–H and O–H groups in total. The Hall–Kier alpha value is -0.500. The lowest BCUT2D eigenvalue weighted by atomic mass is 10.0. The minimum absolute atomic E-state index is 0.457. The predicted octanol–water partition coefficient (Wildman–Crippen LogP) is 3.20. The number of rotatable bonds is 0. The van der Waals surface area contributed by atoms with E-state index < -0.39 is 0 Å². The molecular weight excluding hydrogens is 216 g/mol. The Labute approximate surface area is 80.5 Å². The van der Waals surface area contributed by atoms with Crippen LogP contribution in [0.3, 0.4) is 0 Å². The lowest BCUT2D eigenvalue weighted by Gasteiger charge is -2.07. The SMILES string of the molecule is CC1CCc2c(Br)ccc(O)c21. The molecule has 1 aromatic rings. The molecule has 1 aliphatic carbocycles. The molecule has 0 aromatic heterocycles. The summed E-state index contributed by atoms with van der Waals surface area (Å²) in [6.07, 6.45) is 2.25. The van der Waals surface area contributed by atoms with Crippen LogP contribution in [-0.4, -0.2) is 5.11 Å². The van der Waals surface area contributed by atoms with Gasteiger partial charge in [0.25, 0.3) is 0 Å². The smallest absolute Gasteiger partial charge is 0.119 e. The second kappa shape index (κ2) is 2.77. The third-order valence-corrected chi connectivity index (χ3v) is 3.34. The van der Waals surface area contributed by atoms with E-state index in [0.717, 1.165) is 22.9 Å². The topological polar surface area (TPSA) is 20.2 Å². The highest BCUT2D eigenvalue weighted by Crippen LogP contribution is 2.41. The van der Waals surface area contributed by atoms with Crippen LogP contribution in [0.2, 0.25) is 0 Å². The Kier molecular flexibility index (Phi) is 1.87. The number of hydrogen-bond donors (Lipinski definition) is 1. The molecule has 1 aliphatic rings. The highest BCUT2D eigenvalue weighted by molar-refractivity contribution is 9.10. The van der Waals surface area contributed by atoms with Crippen molar-refractivity contribution >= 4 is 15.9 Å². The summed E-state index contributed by atoms with van der Waals surface area (Å²) in [6, 6.07) is 3.69. The van der Waals surface area contributed by atoms with Crippen LogP contribution in [-0.2, 0) is 6.42 Å². The summed E-state index contributed by atoms with van der Waals surface area (Å²) in [5.74, 6) is 0.968. The van der Waals surface area contributed by atoms with Gasteiger partial charge in [-0.05, 0) is 36.5 Å². The van der Waals surface area contributed by atoms with Gasteiger partial charge in [0, 0.05) is 10.0 Å². The van der Waals surface area contributed by atoms with Crippen molar-refractivity contribution < 1.29 is 5.11 Å². The Bertz CT molecular complexity index is 320. The first-order chi connectivity index (χ1) is 5.70. The van der Waals surface area contributed by atoms with Crippen molar-refractivity contribution in [3.63, 3.8) is 0 Å². The largest absolute Gasteiger partial charge is 0.508 e. The average molecular weight is 227 g/mol. The van der Waals surface area contributed by atoms with E-state index in [1.807, 2.05) is 6.07 Å². The molecule has 0 bridgehead atoms. The van der Waals surface area contributed by atoms with E-state index in [2.05, 4.69) is 22.9 Å². The number of halogens is 1. The molecule has 0 fully saturated rings. The standard InChI is InChI=1S/C10H11BrO/c1-6-2-3-7-8(11)4-5-9(12)10(6)7/h4-6,12H,2-3H2,1H3.